The summed E-state index contributed by atoms with van der Waals surface area (Å²) in [5.74, 6) is 0.461. The Morgan fingerprint density at radius 1 is 1.37 bits per heavy atom. The minimum atomic E-state index is -0.512. The molecule has 0 saturated carbocycles. The maximum absolute atomic E-state index is 11.7. The van der Waals surface area contributed by atoms with Gasteiger partial charge in [0.25, 0.3) is 0 Å². The molecule has 2 unspecified atom stereocenters. The second-order valence-corrected chi connectivity index (χ2v) is 4.36. The molecule has 19 heavy (non-hydrogen) atoms. The molecule has 0 spiro atoms. The van der Waals surface area contributed by atoms with Crippen LogP contribution in [0, 0.1) is 0 Å². The molecule has 1 aromatic carbocycles. The highest BCUT2D eigenvalue weighted by molar-refractivity contribution is 5.96. The Hall–Kier alpha value is -2.08. The normalized spacial score (nSPS) is 18.1. The Morgan fingerprint density at radius 3 is 2.84 bits per heavy atom. The van der Waals surface area contributed by atoms with E-state index >= 15 is 0 Å². The van der Waals surface area contributed by atoms with Gasteiger partial charge in [-0.05, 0) is 13.0 Å². The molecule has 3 N–H and O–H groups in total. The van der Waals surface area contributed by atoms with Gasteiger partial charge in [0.2, 0.25) is 5.91 Å². The fraction of sp³-hybridized carbons (Fsp3) is 0.385. The molecule has 1 aromatic rings. The number of amides is 3. The standard InChI is InChI=1S/C13H17N3O3/c1-8(12(17)16-13(18)14-2)15-10-7-19-11-6-4-3-5-9(10)11/h3-6,8,10,15H,7H2,1-2H3,(H2,14,16,17,18). The van der Waals surface area contributed by atoms with E-state index in [2.05, 4.69) is 16.0 Å². The zero-order valence-corrected chi connectivity index (χ0v) is 10.9. The van der Waals surface area contributed by atoms with Crippen LogP contribution in [0.15, 0.2) is 24.3 Å². The first-order valence-corrected chi connectivity index (χ1v) is 6.12. The van der Waals surface area contributed by atoms with Gasteiger partial charge in [-0.25, -0.2) is 4.79 Å². The number of carbonyl (C=O) groups is 2. The summed E-state index contributed by atoms with van der Waals surface area (Å²) >= 11 is 0. The number of benzene rings is 1. The molecular weight excluding hydrogens is 246 g/mol. The van der Waals surface area contributed by atoms with Crippen molar-refractivity contribution in [1.29, 1.82) is 0 Å². The maximum Gasteiger partial charge on any atom is 0.321 e. The number of rotatable bonds is 3. The van der Waals surface area contributed by atoms with Crippen LogP contribution in [0.4, 0.5) is 4.79 Å². The molecule has 0 fully saturated rings. The van der Waals surface area contributed by atoms with E-state index in [1.165, 1.54) is 7.05 Å². The van der Waals surface area contributed by atoms with Gasteiger partial charge in [-0.3, -0.25) is 15.4 Å². The molecule has 0 aromatic heterocycles. The van der Waals surface area contributed by atoms with Crippen molar-refractivity contribution < 1.29 is 14.3 Å². The van der Waals surface area contributed by atoms with Crippen molar-refractivity contribution in [1.82, 2.24) is 16.0 Å². The van der Waals surface area contributed by atoms with E-state index in [0.29, 0.717) is 6.61 Å². The lowest BCUT2D eigenvalue weighted by molar-refractivity contribution is -0.121. The Balaban J connectivity index is 1.95. The second kappa shape index (κ2) is 5.71. The summed E-state index contributed by atoms with van der Waals surface area (Å²) < 4.78 is 5.52. The SMILES string of the molecule is CNC(=O)NC(=O)C(C)NC1COc2ccccc21. The minimum Gasteiger partial charge on any atom is -0.491 e. The summed E-state index contributed by atoms with van der Waals surface area (Å²) in [5.41, 5.74) is 1.03. The molecule has 6 heteroatoms. The third-order valence-electron chi connectivity index (χ3n) is 3.01. The number of hydrogen-bond acceptors (Lipinski definition) is 4. The van der Waals surface area contributed by atoms with Crippen LogP contribution in [0.3, 0.4) is 0 Å². The zero-order chi connectivity index (χ0) is 13.8. The fourth-order valence-electron chi connectivity index (χ4n) is 1.96. The van der Waals surface area contributed by atoms with Crippen molar-refractivity contribution in [2.75, 3.05) is 13.7 Å². The lowest BCUT2D eigenvalue weighted by atomic mass is 10.1. The van der Waals surface area contributed by atoms with Crippen LogP contribution in [0.5, 0.6) is 5.75 Å². The topological polar surface area (TPSA) is 79.5 Å². The Kier molecular flexibility index (Phi) is 4.01. The molecule has 102 valence electrons. The van der Waals surface area contributed by atoms with Crippen molar-refractivity contribution in [2.45, 2.75) is 19.0 Å². The quantitative estimate of drug-likeness (QED) is 0.744. The van der Waals surface area contributed by atoms with Gasteiger partial charge < -0.3 is 10.1 Å². The van der Waals surface area contributed by atoms with Crippen LogP contribution in [0.25, 0.3) is 0 Å². The number of ether oxygens (including phenoxy) is 1. The lowest BCUT2D eigenvalue weighted by Gasteiger charge is -2.17. The number of urea groups is 1. The first-order valence-electron chi connectivity index (χ1n) is 6.12. The van der Waals surface area contributed by atoms with Gasteiger partial charge in [-0.15, -0.1) is 0 Å². The summed E-state index contributed by atoms with van der Waals surface area (Å²) in [7, 11) is 1.46. The third-order valence-corrected chi connectivity index (χ3v) is 3.01. The average Bonchev–Trinajstić information content (AvgIpc) is 2.82. The third kappa shape index (κ3) is 3.03. The van der Waals surface area contributed by atoms with E-state index in [0.717, 1.165) is 11.3 Å². The van der Waals surface area contributed by atoms with E-state index in [1.54, 1.807) is 6.92 Å². The first-order chi connectivity index (χ1) is 9.11. The van der Waals surface area contributed by atoms with Gasteiger partial charge in [0.05, 0.1) is 12.1 Å². The highest BCUT2D eigenvalue weighted by Crippen LogP contribution is 2.31. The predicted octanol–water partition coefficient (Wildman–Crippen LogP) is 0.554. The summed E-state index contributed by atoms with van der Waals surface area (Å²) in [6.07, 6.45) is 0. The van der Waals surface area contributed by atoms with Gasteiger partial charge in [-0.1, -0.05) is 18.2 Å². The maximum atomic E-state index is 11.7. The molecule has 1 heterocycles. The lowest BCUT2D eigenvalue weighted by Crippen LogP contribution is -2.48. The molecule has 2 rings (SSSR count). The zero-order valence-electron chi connectivity index (χ0n) is 10.9. The van der Waals surface area contributed by atoms with Crippen LogP contribution >= 0.6 is 0 Å². The molecule has 0 radical (unpaired) electrons. The summed E-state index contributed by atoms with van der Waals surface area (Å²) in [5, 5.41) is 7.72. The minimum absolute atomic E-state index is 0.0402. The highest BCUT2D eigenvalue weighted by Gasteiger charge is 2.27. The van der Waals surface area contributed by atoms with Crippen LogP contribution in [-0.2, 0) is 4.79 Å². The predicted molar refractivity (Wildman–Crippen MR) is 69.9 cm³/mol. The molecule has 0 saturated heterocycles. The molecule has 2 atom stereocenters. The van der Waals surface area contributed by atoms with E-state index in [-0.39, 0.29) is 11.9 Å². The Labute approximate surface area is 111 Å². The molecule has 0 bridgehead atoms. The van der Waals surface area contributed by atoms with Crippen molar-refractivity contribution in [3.8, 4) is 5.75 Å². The number of hydrogen-bond donors (Lipinski definition) is 3. The van der Waals surface area contributed by atoms with E-state index in [9.17, 15) is 9.59 Å². The van der Waals surface area contributed by atoms with Crippen LogP contribution in [-0.4, -0.2) is 31.6 Å². The van der Waals surface area contributed by atoms with Crippen molar-refractivity contribution in [3.05, 3.63) is 29.8 Å². The fourth-order valence-corrected chi connectivity index (χ4v) is 1.96. The van der Waals surface area contributed by atoms with Gasteiger partial charge >= 0.3 is 6.03 Å². The number of para-hydroxylation sites is 1. The van der Waals surface area contributed by atoms with Gasteiger partial charge in [0.1, 0.15) is 12.4 Å². The monoisotopic (exact) mass is 263 g/mol. The summed E-state index contributed by atoms with van der Waals surface area (Å²) in [6.45, 7) is 2.19. The Morgan fingerprint density at radius 2 is 2.11 bits per heavy atom. The van der Waals surface area contributed by atoms with E-state index < -0.39 is 12.1 Å². The molecule has 0 aliphatic carbocycles. The first kappa shape index (κ1) is 13.4. The Bertz CT molecular complexity index is 490. The van der Waals surface area contributed by atoms with Crippen molar-refractivity contribution in [2.24, 2.45) is 0 Å². The number of carbonyl (C=O) groups excluding carboxylic acids is 2. The molecule has 6 nitrogen and oxygen atoms in total. The van der Waals surface area contributed by atoms with Crippen LogP contribution < -0.4 is 20.7 Å². The average molecular weight is 263 g/mol. The number of imide groups is 1. The van der Waals surface area contributed by atoms with Gasteiger partial charge in [-0.2, -0.15) is 0 Å². The molecule has 1 aliphatic rings. The van der Waals surface area contributed by atoms with Crippen LogP contribution in [0.1, 0.15) is 18.5 Å². The molecular formula is C13H17N3O3. The molecule has 3 amide bonds. The van der Waals surface area contributed by atoms with Crippen LogP contribution in [0.2, 0.25) is 0 Å². The largest absolute Gasteiger partial charge is 0.491 e. The van der Waals surface area contributed by atoms with Crippen molar-refractivity contribution in [3.63, 3.8) is 0 Å². The smallest absolute Gasteiger partial charge is 0.321 e. The summed E-state index contributed by atoms with van der Waals surface area (Å²) in [4.78, 5) is 22.8. The van der Waals surface area contributed by atoms with Gasteiger partial charge in [0, 0.05) is 12.6 Å². The highest BCUT2D eigenvalue weighted by atomic mass is 16.5. The van der Waals surface area contributed by atoms with Gasteiger partial charge in [0.15, 0.2) is 0 Å². The number of nitrogens with one attached hydrogen (secondary N) is 3. The second-order valence-electron chi connectivity index (χ2n) is 4.36. The summed E-state index contributed by atoms with van der Waals surface area (Å²) in [6, 6.07) is 6.65. The molecule has 1 aliphatic heterocycles. The van der Waals surface area contributed by atoms with E-state index in [1.807, 2.05) is 24.3 Å². The van der Waals surface area contributed by atoms with E-state index in [4.69, 9.17) is 4.74 Å². The van der Waals surface area contributed by atoms with Crippen molar-refractivity contribution >= 4 is 11.9 Å². The number of fused-ring (bicyclic) bond motifs is 1.